The first-order chi connectivity index (χ1) is 18.8. The van der Waals surface area contributed by atoms with Crippen LogP contribution < -0.4 is 16.4 Å². The third-order valence-electron chi connectivity index (χ3n) is 8.18. The van der Waals surface area contributed by atoms with Gasteiger partial charge in [0.05, 0.1) is 18.3 Å². The van der Waals surface area contributed by atoms with Crippen molar-refractivity contribution >= 4 is 35.6 Å². The van der Waals surface area contributed by atoms with Crippen molar-refractivity contribution in [1.82, 2.24) is 15.5 Å². The number of carbonyl (C=O) groups excluding carboxylic acids is 4. The zero-order chi connectivity index (χ0) is 30.0. The largest absolute Gasteiger partial charge is 0.481 e. The van der Waals surface area contributed by atoms with E-state index in [2.05, 4.69) is 10.6 Å². The lowest BCUT2D eigenvalue weighted by Crippen LogP contribution is -2.58. The smallest absolute Gasteiger partial charge is 0.307 e. The minimum atomic E-state index is -1.45. The highest BCUT2D eigenvalue weighted by atomic mass is 16.4. The molecule has 4 amide bonds. The summed E-state index contributed by atoms with van der Waals surface area (Å²) in [6, 6.07) is -3.54. The highest BCUT2D eigenvalue weighted by Crippen LogP contribution is 2.32. The van der Waals surface area contributed by atoms with Crippen molar-refractivity contribution in [3.63, 3.8) is 0 Å². The standard InChI is InChI=1S/C28H46N4O8/c1-16(2)13-20(24(29)35)30-26(37)22(15-23(33)34)32(3)27(38)21(14-17-9-5-4-6-10-17)31-25(36)18-11-7-8-12-19(18)28(39)40/h16-22H,4-15H2,1-3H3,(H2,29,35)(H,30,37)(H,31,36)(H,33,34)(H,39,40). The molecule has 0 aromatic carbocycles. The molecule has 0 aromatic heterocycles. The SMILES string of the molecule is CC(C)CC(NC(=O)C(CC(=O)O)N(C)C(=O)C(CC1CCCCC1)NC(=O)C1CCCCC1C(=O)O)C(N)=O. The van der Waals surface area contributed by atoms with Gasteiger partial charge >= 0.3 is 11.9 Å². The van der Waals surface area contributed by atoms with E-state index < -0.39 is 71.9 Å². The lowest BCUT2D eigenvalue weighted by Gasteiger charge is -2.34. The first-order valence-electron chi connectivity index (χ1n) is 14.4. The average molecular weight is 567 g/mol. The van der Waals surface area contributed by atoms with E-state index in [0.717, 1.165) is 37.0 Å². The molecule has 0 radical (unpaired) electrons. The monoisotopic (exact) mass is 566 g/mol. The fourth-order valence-corrected chi connectivity index (χ4v) is 5.95. The minimum Gasteiger partial charge on any atom is -0.481 e. The Kier molecular flexibility index (Phi) is 12.9. The van der Waals surface area contributed by atoms with Gasteiger partial charge < -0.3 is 31.5 Å². The number of carboxylic acids is 2. The molecule has 0 heterocycles. The molecule has 0 aliphatic heterocycles. The Hall–Kier alpha value is -3.18. The Morgan fingerprint density at radius 1 is 0.850 bits per heavy atom. The van der Waals surface area contributed by atoms with Gasteiger partial charge in [0, 0.05) is 7.05 Å². The van der Waals surface area contributed by atoms with Crippen molar-refractivity contribution in [2.24, 2.45) is 29.4 Å². The minimum absolute atomic E-state index is 0.0135. The first-order valence-corrected chi connectivity index (χ1v) is 14.4. The molecule has 2 rings (SSSR count). The predicted octanol–water partition coefficient (Wildman–Crippen LogP) is 1.65. The van der Waals surface area contributed by atoms with E-state index in [1.165, 1.54) is 7.05 Å². The van der Waals surface area contributed by atoms with E-state index in [1.54, 1.807) is 0 Å². The molecule has 0 spiro atoms. The van der Waals surface area contributed by atoms with Gasteiger partial charge in [0.2, 0.25) is 23.6 Å². The van der Waals surface area contributed by atoms with Crippen LogP contribution in [0.15, 0.2) is 0 Å². The number of hydrogen-bond acceptors (Lipinski definition) is 6. The molecule has 2 aliphatic carbocycles. The second-order valence-corrected chi connectivity index (χ2v) is 11.8. The maximum Gasteiger partial charge on any atom is 0.307 e. The van der Waals surface area contributed by atoms with E-state index in [9.17, 15) is 39.0 Å². The summed E-state index contributed by atoms with van der Waals surface area (Å²) >= 11 is 0. The number of nitrogens with zero attached hydrogens (tertiary/aromatic N) is 1. The van der Waals surface area contributed by atoms with Gasteiger partial charge in [0.25, 0.3) is 0 Å². The number of nitrogens with one attached hydrogen (secondary N) is 2. The lowest BCUT2D eigenvalue weighted by molar-refractivity contribution is -0.150. The normalized spacial score (nSPS) is 22.0. The summed E-state index contributed by atoms with van der Waals surface area (Å²) in [5.74, 6) is -6.57. The van der Waals surface area contributed by atoms with Crippen LogP contribution in [-0.4, -0.2) is 75.9 Å². The van der Waals surface area contributed by atoms with Crippen LogP contribution in [0.4, 0.5) is 0 Å². The Balaban J connectivity index is 2.29. The van der Waals surface area contributed by atoms with Crippen molar-refractivity contribution in [3.8, 4) is 0 Å². The molecule has 40 heavy (non-hydrogen) atoms. The fraction of sp³-hybridized carbons (Fsp3) is 0.786. The number of rotatable bonds is 14. The van der Waals surface area contributed by atoms with Crippen LogP contribution in [0.5, 0.6) is 0 Å². The molecule has 2 aliphatic rings. The second-order valence-electron chi connectivity index (χ2n) is 11.8. The topological polar surface area (TPSA) is 196 Å². The van der Waals surface area contributed by atoms with E-state index in [1.807, 2.05) is 13.8 Å². The van der Waals surface area contributed by atoms with Crippen molar-refractivity contribution in [1.29, 1.82) is 0 Å². The van der Waals surface area contributed by atoms with Crippen LogP contribution in [0.3, 0.4) is 0 Å². The summed E-state index contributed by atoms with van der Waals surface area (Å²) in [6.45, 7) is 3.68. The van der Waals surface area contributed by atoms with Gasteiger partial charge in [-0.25, -0.2) is 0 Å². The quantitative estimate of drug-likeness (QED) is 0.209. The average Bonchev–Trinajstić information content (AvgIpc) is 2.90. The van der Waals surface area contributed by atoms with Gasteiger partial charge in [-0.2, -0.15) is 0 Å². The van der Waals surface area contributed by atoms with Crippen LogP contribution in [0, 0.1) is 23.7 Å². The second kappa shape index (κ2) is 15.6. The molecule has 226 valence electrons. The third kappa shape index (κ3) is 9.78. The molecule has 0 bridgehead atoms. The number of carboxylic acid groups (broad SMARTS) is 2. The molecular formula is C28H46N4O8. The van der Waals surface area contributed by atoms with Crippen molar-refractivity contribution in [2.75, 3.05) is 7.05 Å². The zero-order valence-corrected chi connectivity index (χ0v) is 23.9. The Bertz CT molecular complexity index is 933. The summed E-state index contributed by atoms with van der Waals surface area (Å²) in [4.78, 5) is 76.7. The van der Waals surface area contributed by atoms with Crippen LogP contribution >= 0.6 is 0 Å². The molecule has 12 nitrogen and oxygen atoms in total. The summed E-state index contributed by atoms with van der Waals surface area (Å²) in [6.07, 6.45) is 6.85. The number of aliphatic carboxylic acids is 2. The molecule has 5 atom stereocenters. The number of primary amides is 1. The van der Waals surface area contributed by atoms with E-state index >= 15 is 0 Å². The Morgan fingerprint density at radius 3 is 1.95 bits per heavy atom. The van der Waals surface area contributed by atoms with Crippen molar-refractivity contribution in [3.05, 3.63) is 0 Å². The number of hydrogen-bond donors (Lipinski definition) is 5. The number of likely N-dealkylation sites (N-methyl/N-ethyl adjacent to an activating group) is 1. The van der Waals surface area contributed by atoms with E-state index in [0.29, 0.717) is 32.1 Å². The van der Waals surface area contributed by atoms with Crippen molar-refractivity contribution < 1.29 is 39.0 Å². The zero-order valence-electron chi connectivity index (χ0n) is 23.9. The highest BCUT2D eigenvalue weighted by molar-refractivity contribution is 5.96. The lowest BCUT2D eigenvalue weighted by atomic mass is 9.78. The molecule has 12 heteroatoms. The van der Waals surface area contributed by atoms with Gasteiger partial charge in [-0.15, -0.1) is 0 Å². The Morgan fingerprint density at radius 2 is 1.43 bits per heavy atom. The number of amides is 4. The molecule has 0 saturated heterocycles. The Labute approximate surface area is 235 Å². The van der Waals surface area contributed by atoms with Gasteiger partial charge in [-0.05, 0) is 37.5 Å². The van der Waals surface area contributed by atoms with Crippen LogP contribution in [0.2, 0.25) is 0 Å². The molecule has 6 N–H and O–H groups in total. The number of carbonyl (C=O) groups is 6. The van der Waals surface area contributed by atoms with E-state index in [4.69, 9.17) is 5.73 Å². The summed E-state index contributed by atoms with van der Waals surface area (Å²) < 4.78 is 0. The molecule has 0 aromatic rings. The van der Waals surface area contributed by atoms with Gasteiger partial charge in [-0.3, -0.25) is 28.8 Å². The van der Waals surface area contributed by atoms with Crippen LogP contribution in [0.25, 0.3) is 0 Å². The summed E-state index contributed by atoms with van der Waals surface area (Å²) in [5, 5.41) is 24.4. The first kappa shape index (κ1) is 33.0. The molecular weight excluding hydrogens is 520 g/mol. The molecule has 5 unspecified atom stereocenters. The maximum absolute atomic E-state index is 13.8. The van der Waals surface area contributed by atoms with Crippen LogP contribution in [0.1, 0.15) is 90.9 Å². The van der Waals surface area contributed by atoms with Gasteiger partial charge in [0.15, 0.2) is 0 Å². The van der Waals surface area contributed by atoms with E-state index in [-0.39, 0.29) is 18.3 Å². The molecule has 2 fully saturated rings. The number of nitrogens with two attached hydrogens (primary N) is 1. The summed E-state index contributed by atoms with van der Waals surface area (Å²) in [5.41, 5.74) is 5.44. The van der Waals surface area contributed by atoms with Crippen LogP contribution in [-0.2, 0) is 28.8 Å². The van der Waals surface area contributed by atoms with Gasteiger partial charge in [0.1, 0.15) is 18.1 Å². The maximum atomic E-state index is 13.8. The third-order valence-corrected chi connectivity index (χ3v) is 8.18. The molecule has 2 saturated carbocycles. The van der Waals surface area contributed by atoms with Gasteiger partial charge in [-0.1, -0.05) is 58.8 Å². The summed E-state index contributed by atoms with van der Waals surface area (Å²) in [7, 11) is 1.30. The highest BCUT2D eigenvalue weighted by Gasteiger charge is 2.40. The predicted molar refractivity (Wildman–Crippen MR) is 146 cm³/mol. The van der Waals surface area contributed by atoms with Crippen molar-refractivity contribution in [2.45, 2.75) is 109 Å². The fourth-order valence-electron chi connectivity index (χ4n) is 5.95.